The standard InChI is InChI=1S/C16H15F2NO4S/c1-2-10-23-16(20)11-6-8-12(9-7-11)19-24(21,22)15-13(17)4-3-5-14(15)18/h3-9,19H,2,10H2,1H3. The van der Waals surface area contributed by atoms with Gasteiger partial charge in [-0.25, -0.2) is 22.0 Å². The van der Waals surface area contributed by atoms with E-state index in [1.54, 1.807) is 0 Å². The predicted molar refractivity (Wildman–Crippen MR) is 84.2 cm³/mol. The molecule has 0 saturated heterocycles. The summed E-state index contributed by atoms with van der Waals surface area (Å²) < 4.78 is 58.5. The zero-order valence-electron chi connectivity index (χ0n) is 12.8. The molecule has 1 N–H and O–H groups in total. The number of esters is 1. The SMILES string of the molecule is CCCOC(=O)c1ccc(NS(=O)(=O)c2c(F)cccc2F)cc1. The fourth-order valence-electron chi connectivity index (χ4n) is 1.90. The Kier molecular flexibility index (Phi) is 5.50. The average Bonchev–Trinajstić information content (AvgIpc) is 2.52. The number of sulfonamides is 1. The number of benzene rings is 2. The van der Waals surface area contributed by atoms with Gasteiger partial charge in [-0.3, -0.25) is 4.72 Å². The molecule has 8 heteroatoms. The van der Waals surface area contributed by atoms with Crippen LogP contribution < -0.4 is 4.72 Å². The summed E-state index contributed by atoms with van der Waals surface area (Å²) in [5.74, 6) is -2.92. The summed E-state index contributed by atoms with van der Waals surface area (Å²) in [6, 6.07) is 8.09. The molecule has 0 amide bonds. The lowest BCUT2D eigenvalue weighted by Crippen LogP contribution is -2.16. The van der Waals surface area contributed by atoms with Gasteiger partial charge in [0.25, 0.3) is 10.0 Å². The van der Waals surface area contributed by atoms with Crippen molar-refractivity contribution in [2.75, 3.05) is 11.3 Å². The fraction of sp³-hybridized carbons (Fsp3) is 0.188. The minimum absolute atomic E-state index is 0.0599. The Morgan fingerprint density at radius 2 is 1.67 bits per heavy atom. The smallest absolute Gasteiger partial charge is 0.338 e. The lowest BCUT2D eigenvalue weighted by molar-refractivity contribution is 0.0505. The van der Waals surface area contributed by atoms with Crippen LogP contribution in [0, 0.1) is 11.6 Å². The van der Waals surface area contributed by atoms with Gasteiger partial charge in [-0.15, -0.1) is 0 Å². The van der Waals surface area contributed by atoms with Crippen molar-refractivity contribution in [1.82, 2.24) is 0 Å². The quantitative estimate of drug-likeness (QED) is 0.807. The first-order chi connectivity index (χ1) is 11.3. The summed E-state index contributed by atoms with van der Waals surface area (Å²) in [7, 11) is -4.44. The Morgan fingerprint density at radius 3 is 2.21 bits per heavy atom. The van der Waals surface area contributed by atoms with Crippen molar-refractivity contribution in [3.63, 3.8) is 0 Å². The third-order valence-electron chi connectivity index (χ3n) is 3.00. The van der Waals surface area contributed by atoms with E-state index in [9.17, 15) is 22.0 Å². The minimum Gasteiger partial charge on any atom is -0.462 e. The van der Waals surface area contributed by atoms with E-state index in [1.807, 2.05) is 6.92 Å². The first-order valence-corrected chi connectivity index (χ1v) is 8.57. The molecule has 0 saturated carbocycles. The molecule has 2 rings (SSSR count). The molecule has 2 aromatic rings. The number of ether oxygens (including phenoxy) is 1. The molecule has 2 aromatic carbocycles. The lowest BCUT2D eigenvalue weighted by atomic mass is 10.2. The highest BCUT2D eigenvalue weighted by Gasteiger charge is 2.23. The molecule has 0 bridgehead atoms. The van der Waals surface area contributed by atoms with Crippen LogP contribution in [-0.4, -0.2) is 21.0 Å². The number of hydrogen-bond acceptors (Lipinski definition) is 4. The predicted octanol–water partition coefficient (Wildman–Crippen LogP) is 3.33. The molecular weight excluding hydrogens is 340 g/mol. The second-order valence-electron chi connectivity index (χ2n) is 4.87. The normalized spacial score (nSPS) is 11.1. The van der Waals surface area contributed by atoms with Crippen molar-refractivity contribution in [3.05, 3.63) is 59.7 Å². The van der Waals surface area contributed by atoms with Crippen molar-refractivity contribution in [2.24, 2.45) is 0 Å². The van der Waals surface area contributed by atoms with Crippen LogP contribution in [0.4, 0.5) is 14.5 Å². The molecule has 128 valence electrons. The van der Waals surface area contributed by atoms with Crippen molar-refractivity contribution in [1.29, 1.82) is 0 Å². The van der Waals surface area contributed by atoms with Gasteiger partial charge in [-0.05, 0) is 42.8 Å². The maximum Gasteiger partial charge on any atom is 0.338 e. The molecular formula is C16H15F2NO4S. The van der Waals surface area contributed by atoms with Crippen LogP contribution in [0.5, 0.6) is 0 Å². The zero-order valence-corrected chi connectivity index (χ0v) is 13.6. The van der Waals surface area contributed by atoms with Gasteiger partial charge in [0.1, 0.15) is 11.6 Å². The van der Waals surface area contributed by atoms with E-state index in [0.29, 0.717) is 6.42 Å². The average molecular weight is 355 g/mol. The Balaban J connectivity index is 2.20. The first kappa shape index (κ1) is 17.9. The zero-order chi connectivity index (χ0) is 17.7. The third-order valence-corrected chi connectivity index (χ3v) is 4.43. The van der Waals surface area contributed by atoms with E-state index in [1.165, 1.54) is 24.3 Å². The van der Waals surface area contributed by atoms with E-state index in [2.05, 4.69) is 4.72 Å². The number of halogens is 2. The Hall–Kier alpha value is -2.48. The van der Waals surface area contributed by atoms with Gasteiger partial charge in [-0.1, -0.05) is 13.0 Å². The lowest BCUT2D eigenvalue weighted by Gasteiger charge is -2.10. The third kappa shape index (κ3) is 4.08. The van der Waals surface area contributed by atoms with Gasteiger partial charge in [0.2, 0.25) is 0 Å². The van der Waals surface area contributed by atoms with Crippen molar-refractivity contribution >= 4 is 21.7 Å². The van der Waals surface area contributed by atoms with Crippen molar-refractivity contribution < 1.29 is 26.7 Å². The van der Waals surface area contributed by atoms with E-state index in [-0.39, 0.29) is 17.9 Å². The number of nitrogens with one attached hydrogen (secondary N) is 1. The number of hydrogen-bond donors (Lipinski definition) is 1. The van der Waals surface area contributed by atoms with E-state index >= 15 is 0 Å². The topological polar surface area (TPSA) is 72.5 Å². The maximum atomic E-state index is 13.6. The molecule has 0 unspecified atom stereocenters. The first-order valence-electron chi connectivity index (χ1n) is 7.09. The van der Waals surface area contributed by atoms with Crippen LogP contribution in [0.15, 0.2) is 47.4 Å². The Labute approximate surface area is 138 Å². The maximum absolute atomic E-state index is 13.6. The summed E-state index contributed by atoms with van der Waals surface area (Å²) in [4.78, 5) is 10.6. The van der Waals surface area contributed by atoms with Gasteiger partial charge in [0.15, 0.2) is 4.90 Å². The van der Waals surface area contributed by atoms with E-state index in [0.717, 1.165) is 18.2 Å². The summed E-state index contributed by atoms with van der Waals surface area (Å²) in [5, 5.41) is 0. The molecule has 0 atom stereocenters. The van der Waals surface area contributed by atoms with Gasteiger partial charge in [0, 0.05) is 5.69 Å². The van der Waals surface area contributed by atoms with Crippen LogP contribution in [0.2, 0.25) is 0 Å². The Bertz CT molecular complexity index is 815. The molecule has 0 radical (unpaired) electrons. The summed E-state index contributed by atoms with van der Waals surface area (Å²) in [6.07, 6.45) is 0.678. The van der Waals surface area contributed by atoms with Crippen LogP contribution >= 0.6 is 0 Å². The molecule has 0 aromatic heterocycles. The highest BCUT2D eigenvalue weighted by molar-refractivity contribution is 7.92. The highest BCUT2D eigenvalue weighted by Crippen LogP contribution is 2.22. The fourth-order valence-corrected chi connectivity index (χ4v) is 3.10. The van der Waals surface area contributed by atoms with Crippen molar-refractivity contribution in [2.45, 2.75) is 18.2 Å². The molecule has 0 spiro atoms. The number of rotatable bonds is 6. The van der Waals surface area contributed by atoms with Crippen LogP contribution in [0.3, 0.4) is 0 Å². The summed E-state index contributed by atoms with van der Waals surface area (Å²) in [5.41, 5.74) is 0.299. The van der Waals surface area contributed by atoms with Gasteiger partial charge in [0.05, 0.1) is 12.2 Å². The van der Waals surface area contributed by atoms with Gasteiger partial charge < -0.3 is 4.74 Å². The molecule has 5 nitrogen and oxygen atoms in total. The van der Waals surface area contributed by atoms with E-state index < -0.39 is 32.5 Å². The summed E-state index contributed by atoms with van der Waals surface area (Å²) in [6.45, 7) is 2.13. The Morgan fingerprint density at radius 1 is 1.08 bits per heavy atom. The minimum atomic E-state index is -4.44. The van der Waals surface area contributed by atoms with Crippen LogP contribution in [0.25, 0.3) is 0 Å². The monoisotopic (exact) mass is 355 g/mol. The number of carbonyl (C=O) groups is 1. The largest absolute Gasteiger partial charge is 0.462 e. The van der Waals surface area contributed by atoms with Crippen molar-refractivity contribution in [3.8, 4) is 0 Å². The molecule has 0 aliphatic heterocycles. The van der Waals surface area contributed by atoms with E-state index in [4.69, 9.17) is 4.74 Å². The number of carbonyl (C=O) groups excluding carboxylic acids is 1. The summed E-state index contributed by atoms with van der Waals surface area (Å²) >= 11 is 0. The number of anilines is 1. The van der Waals surface area contributed by atoms with Crippen LogP contribution in [-0.2, 0) is 14.8 Å². The molecule has 0 fully saturated rings. The molecule has 0 aliphatic rings. The molecule has 24 heavy (non-hydrogen) atoms. The molecule has 0 aliphatic carbocycles. The second kappa shape index (κ2) is 7.39. The van der Waals surface area contributed by atoms with Gasteiger partial charge >= 0.3 is 5.97 Å². The van der Waals surface area contributed by atoms with Gasteiger partial charge in [-0.2, -0.15) is 0 Å². The van der Waals surface area contributed by atoms with Crippen LogP contribution in [0.1, 0.15) is 23.7 Å². The highest BCUT2D eigenvalue weighted by atomic mass is 32.2. The molecule has 0 heterocycles. The second-order valence-corrected chi connectivity index (χ2v) is 6.49.